The second kappa shape index (κ2) is 4.54. The molecule has 88 valence electrons. The number of anilines is 1. The Hall–Kier alpha value is -1.54. The van der Waals surface area contributed by atoms with Crippen LogP contribution in [0.15, 0.2) is 29.2 Å². The second-order valence-electron chi connectivity index (χ2n) is 2.83. The van der Waals surface area contributed by atoms with Crippen LogP contribution in [0.1, 0.15) is 0 Å². The molecule has 0 bridgehead atoms. The van der Waals surface area contributed by atoms with Crippen molar-refractivity contribution < 1.29 is 22.0 Å². The number of rotatable bonds is 3. The quantitative estimate of drug-likeness (QED) is 0.820. The maximum atomic E-state index is 11.9. The summed E-state index contributed by atoms with van der Waals surface area (Å²) < 4.78 is 46.0. The van der Waals surface area contributed by atoms with Crippen molar-refractivity contribution in [3.8, 4) is 0 Å². The summed E-state index contributed by atoms with van der Waals surface area (Å²) >= 11 is 0. The number of nitrogens with one attached hydrogen (secondary N) is 1. The lowest BCUT2D eigenvalue weighted by Crippen LogP contribution is -2.22. The van der Waals surface area contributed by atoms with E-state index in [0.717, 1.165) is 6.07 Å². The zero-order chi connectivity index (χ0) is 12.3. The Bertz CT molecular complexity index is 502. The summed E-state index contributed by atoms with van der Waals surface area (Å²) in [4.78, 5) is 10.3. The molecule has 0 heterocycles. The van der Waals surface area contributed by atoms with Gasteiger partial charge in [-0.2, -0.15) is 8.78 Å². The number of carbonyl (C=O) groups is 1. The van der Waals surface area contributed by atoms with Crippen LogP contribution in [0.25, 0.3) is 0 Å². The van der Waals surface area contributed by atoms with Crippen LogP contribution in [0, 0.1) is 0 Å². The minimum absolute atomic E-state index is 0.268. The Morgan fingerprint density at radius 1 is 1.31 bits per heavy atom. The minimum Gasteiger partial charge on any atom is -0.320 e. The van der Waals surface area contributed by atoms with Gasteiger partial charge in [-0.1, -0.05) is 12.1 Å². The summed E-state index contributed by atoms with van der Waals surface area (Å²) in [6.07, 6.45) is -3.23. The summed E-state index contributed by atoms with van der Waals surface area (Å²) in [5, 5.41) is 6.61. The highest BCUT2D eigenvalue weighted by Gasteiger charge is 2.19. The maximum Gasteiger partial charge on any atom is 0.315 e. The summed E-state index contributed by atoms with van der Waals surface area (Å²) in [5.41, 5.74) is -0.268. The fourth-order valence-corrected chi connectivity index (χ4v) is 1.70. The van der Waals surface area contributed by atoms with Crippen LogP contribution >= 0.6 is 0 Å². The van der Waals surface area contributed by atoms with Crippen molar-refractivity contribution in [2.24, 2.45) is 5.14 Å². The predicted molar refractivity (Wildman–Crippen MR) is 52.4 cm³/mol. The number of hydrogen-bond acceptors (Lipinski definition) is 3. The molecule has 0 spiro atoms. The standard InChI is InChI=1S/C8H8F2N2O3S/c9-7(10)8(13)12-5-3-1-2-4-6(5)16(11,14)15/h1-4,7H,(H,12,13)(H2,11,14,15). The topological polar surface area (TPSA) is 89.3 Å². The lowest BCUT2D eigenvalue weighted by Gasteiger charge is -2.08. The molecule has 0 aliphatic heterocycles. The number of alkyl halides is 2. The summed E-state index contributed by atoms with van der Waals surface area (Å²) in [7, 11) is -4.06. The minimum atomic E-state index is -4.06. The van der Waals surface area contributed by atoms with E-state index in [-0.39, 0.29) is 5.69 Å². The van der Waals surface area contributed by atoms with E-state index < -0.39 is 27.3 Å². The Balaban J connectivity index is 3.11. The van der Waals surface area contributed by atoms with Gasteiger partial charge in [-0.3, -0.25) is 4.79 Å². The smallest absolute Gasteiger partial charge is 0.315 e. The van der Waals surface area contributed by atoms with Gasteiger partial charge in [0, 0.05) is 0 Å². The van der Waals surface area contributed by atoms with E-state index in [2.05, 4.69) is 0 Å². The first kappa shape index (κ1) is 12.5. The molecule has 1 aromatic carbocycles. The van der Waals surface area contributed by atoms with E-state index >= 15 is 0 Å². The molecule has 8 heteroatoms. The molecule has 0 fully saturated rings. The van der Waals surface area contributed by atoms with E-state index in [1.54, 1.807) is 5.32 Å². The first-order valence-corrected chi connectivity index (χ1v) is 5.58. The van der Waals surface area contributed by atoms with Crippen molar-refractivity contribution in [2.45, 2.75) is 11.3 Å². The number of halogens is 2. The summed E-state index contributed by atoms with van der Waals surface area (Å²) in [5.74, 6) is -1.59. The van der Waals surface area contributed by atoms with Gasteiger partial charge >= 0.3 is 6.43 Å². The third-order valence-electron chi connectivity index (χ3n) is 1.65. The van der Waals surface area contributed by atoms with Gasteiger partial charge in [0.2, 0.25) is 10.0 Å². The number of carbonyl (C=O) groups excluding carboxylic acids is 1. The number of para-hydroxylation sites is 1. The molecule has 5 nitrogen and oxygen atoms in total. The molecule has 0 saturated heterocycles. The van der Waals surface area contributed by atoms with Crippen molar-refractivity contribution in [3.63, 3.8) is 0 Å². The van der Waals surface area contributed by atoms with Gasteiger partial charge in [0.05, 0.1) is 5.69 Å². The summed E-state index contributed by atoms with van der Waals surface area (Å²) in [6, 6.07) is 5.02. The van der Waals surface area contributed by atoms with E-state index in [4.69, 9.17) is 5.14 Å². The molecule has 0 saturated carbocycles. The molecule has 1 amide bonds. The van der Waals surface area contributed by atoms with Crippen molar-refractivity contribution in [1.29, 1.82) is 0 Å². The maximum absolute atomic E-state index is 11.9. The number of benzene rings is 1. The van der Waals surface area contributed by atoms with Gasteiger partial charge in [0.15, 0.2) is 0 Å². The van der Waals surface area contributed by atoms with Crippen molar-refractivity contribution in [2.75, 3.05) is 5.32 Å². The van der Waals surface area contributed by atoms with Gasteiger partial charge in [-0.25, -0.2) is 13.6 Å². The second-order valence-corrected chi connectivity index (χ2v) is 4.36. The SMILES string of the molecule is NS(=O)(=O)c1ccccc1NC(=O)C(F)F. The van der Waals surface area contributed by atoms with Crippen LogP contribution in [0.5, 0.6) is 0 Å². The third kappa shape index (κ3) is 2.97. The van der Waals surface area contributed by atoms with Crippen LogP contribution in [0.4, 0.5) is 14.5 Å². The van der Waals surface area contributed by atoms with Crippen LogP contribution < -0.4 is 10.5 Å². The highest BCUT2D eigenvalue weighted by atomic mass is 32.2. The largest absolute Gasteiger partial charge is 0.320 e. The van der Waals surface area contributed by atoms with Crippen molar-refractivity contribution in [3.05, 3.63) is 24.3 Å². The molecule has 0 unspecified atom stereocenters. The van der Waals surface area contributed by atoms with E-state index in [0.29, 0.717) is 0 Å². The Morgan fingerprint density at radius 3 is 2.38 bits per heavy atom. The van der Waals surface area contributed by atoms with Crippen LogP contribution in [0.3, 0.4) is 0 Å². The van der Waals surface area contributed by atoms with E-state index in [1.807, 2.05) is 0 Å². The van der Waals surface area contributed by atoms with Gasteiger partial charge in [-0.05, 0) is 12.1 Å². The monoisotopic (exact) mass is 250 g/mol. The van der Waals surface area contributed by atoms with Crippen LogP contribution in [-0.4, -0.2) is 20.8 Å². The van der Waals surface area contributed by atoms with Gasteiger partial charge in [0.25, 0.3) is 5.91 Å². The average molecular weight is 250 g/mol. The highest BCUT2D eigenvalue weighted by molar-refractivity contribution is 7.89. The van der Waals surface area contributed by atoms with E-state index in [9.17, 15) is 22.0 Å². The Morgan fingerprint density at radius 2 is 1.88 bits per heavy atom. The first-order chi connectivity index (χ1) is 7.32. The van der Waals surface area contributed by atoms with Crippen molar-refractivity contribution >= 4 is 21.6 Å². The molecule has 1 aromatic rings. The molecular weight excluding hydrogens is 242 g/mol. The van der Waals surface area contributed by atoms with E-state index in [1.165, 1.54) is 18.2 Å². The molecule has 3 N–H and O–H groups in total. The lowest BCUT2D eigenvalue weighted by molar-refractivity contribution is -0.126. The highest BCUT2D eigenvalue weighted by Crippen LogP contribution is 2.19. The van der Waals surface area contributed by atoms with Gasteiger partial charge < -0.3 is 5.32 Å². The molecule has 0 aromatic heterocycles. The number of hydrogen-bond donors (Lipinski definition) is 2. The number of sulfonamides is 1. The Kier molecular flexibility index (Phi) is 3.55. The number of amides is 1. The fraction of sp³-hybridized carbons (Fsp3) is 0.125. The van der Waals surface area contributed by atoms with Crippen LogP contribution in [-0.2, 0) is 14.8 Å². The Labute approximate surface area is 90.3 Å². The van der Waals surface area contributed by atoms with Gasteiger partial charge in [-0.15, -0.1) is 0 Å². The molecule has 0 aliphatic rings. The predicted octanol–water partition coefficient (Wildman–Crippen LogP) is 0.538. The zero-order valence-electron chi connectivity index (χ0n) is 7.85. The number of nitrogens with two attached hydrogens (primary N) is 1. The molecule has 1 rings (SSSR count). The molecule has 0 atom stereocenters. The number of primary sulfonamides is 1. The van der Waals surface area contributed by atoms with Crippen molar-refractivity contribution in [1.82, 2.24) is 0 Å². The van der Waals surface area contributed by atoms with Gasteiger partial charge in [0.1, 0.15) is 4.90 Å². The lowest BCUT2D eigenvalue weighted by atomic mass is 10.3. The molecular formula is C8H8F2N2O3S. The molecule has 0 radical (unpaired) electrons. The van der Waals surface area contributed by atoms with Crippen LogP contribution in [0.2, 0.25) is 0 Å². The zero-order valence-corrected chi connectivity index (χ0v) is 8.67. The first-order valence-electron chi connectivity index (χ1n) is 4.03. The summed E-state index contributed by atoms with van der Waals surface area (Å²) in [6.45, 7) is 0. The molecule has 0 aliphatic carbocycles. The molecule has 16 heavy (non-hydrogen) atoms. The fourth-order valence-electron chi connectivity index (χ4n) is 1.01. The average Bonchev–Trinajstić information content (AvgIpc) is 2.16. The third-order valence-corrected chi connectivity index (χ3v) is 2.62. The normalized spacial score (nSPS) is 11.5.